The number of rotatable bonds is 2. The number of hydrogen-bond donors (Lipinski definition) is 0. The summed E-state index contributed by atoms with van der Waals surface area (Å²) in [4.78, 5) is 6.36. The Morgan fingerprint density at radius 3 is 2.39 bits per heavy atom. The quantitative estimate of drug-likeness (QED) is 0.790. The van der Waals surface area contributed by atoms with Gasteiger partial charge in [-0.05, 0) is 37.5 Å². The number of alkyl halides is 3. The summed E-state index contributed by atoms with van der Waals surface area (Å²) < 4.78 is 53.5. The number of nitrogens with zero attached hydrogens (tertiary/aromatic N) is 4. The lowest BCUT2D eigenvalue weighted by Crippen LogP contribution is -2.31. The van der Waals surface area contributed by atoms with Gasteiger partial charge in [0.05, 0.1) is 5.56 Å². The smallest absolute Gasteiger partial charge is 0.341 e. The van der Waals surface area contributed by atoms with E-state index < -0.39 is 17.6 Å². The molecule has 1 saturated heterocycles. The minimum atomic E-state index is -4.61. The fourth-order valence-corrected chi connectivity index (χ4v) is 2.75. The van der Waals surface area contributed by atoms with E-state index in [1.807, 2.05) is 4.90 Å². The zero-order chi connectivity index (χ0) is 16.6. The number of benzene rings is 1. The molecular weight excluding hydrogens is 312 g/mol. The van der Waals surface area contributed by atoms with Crippen LogP contribution in [0.1, 0.15) is 24.8 Å². The molecule has 0 saturated carbocycles. The molecule has 3 rings (SSSR count). The lowest BCUT2D eigenvalue weighted by atomic mass is 10.1. The number of aromatic nitrogens is 3. The van der Waals surface area contributed by atoms with Crippen LogP contribution in [-0.4, -0.2) is 27.9 Å². The van der Waals surface area contributed by atoms with Crippen molar-refractivity contribution in [3.05, 3.63) is 29.6 Å². The molecule has 0 radical (unpaired) electrons. The molecule has 2 aromatic rings. The number of piperidine rings is 1. The number of anilines is 1. The van der Waals surface area contributed by atoms with Crippen molar-refractivity contribution in [1.82, 2.24) is 14.8 Å². The second-order valence-electron chi connectivity index (χ2n) is 5.63. The maximum absolute atomic E-state index is 13.5. The monoisotopic (exact) mass is 328 g/mol. The van der Waals surface area contributed by atoms with Crippen LogP contribution in [0.15, 0.2) is 18.2 Å². The maximum Gasteiger partial charge on any atom is 0.416 e. The van der Waals surface area contributed by atoms with Crippen molar-refractivity contribution in [2.24, 2.45) is 7.05 Å². The van der Waals surface area contributed by atoms with Gasteiger partial charge in [0.25, 0.3) is 0 Å². The Kier molecular flexibility index (Phi) is 3.99. The van der Waals surface area contributed by atoms with Crippen molar-refractivity contribution >= 4 is 5.95 Å². The van der Waals surface area contributed by atoms with Gasteiger partial charge in [-0.25, -0.2) is 9.07 Å². The number of halogens is 4. The van der Waals surface area contributed by atoms with Gasteiger partial charge in [-0.1, -0.05) is 0 Å². The van der Waals surface area contributed by atoms with Crippen molar-refractivity contribution in [3.8, 4) is 11.4 Å². The Bertz CT molecular complexity index is 702. The molecule has 1 aromatic carbocycles. The molecule has 124 valence electrons. The zero-order valence-corrected chi connectivity index (χ0v) is 12.6. The first kappa shape index (κ1) is 15.8. The molecule has 0 atom stereocenters. The van der Waals surface area contributed by atoms with Crippen LogP contribution in [0.2, 0.25) is 0 Å². The predicted molar refractivity (Wildman–Crippen MR) is 77.5 cm³/mol. The van der Waals surface area contributed by atoms with E-state index in [-0.39, 0.29) is 11.4 Å². The maximum atomic E-state index is 13.5. The third-order valence-electron chi connectivity index (χ3n) is 3.86. The summed E-state index contributed by atoms with van der Waals surface area (Å²) in [7, 11) is 1.68. The highest BCUT2D eigenvalue weighted by Gasteiger charge is 2.32. The van der Waals surface area contributed by atoms with E-state index in [1.54, 1.807) is 7.05 Å². The second-order valence-corrected chi connectivity index (χ2v) is 5.63. The summed E-state index contributed by atoms with van der Waals surface area (Å²) in [6.07, 6.45) is -1.37. The SMILES string of the molecule is Cn1nc(-c2cc(F)cc(C(F)(F)F)c2)nc1N1CCCCC1. The summed E-state index contributed by atoms with van der Waals surface area (Å²) in [6.45, 7) is 1.67. The Hall–Kier alpha value is -2.12. The minimum Gasteiger partial charge on any atom is -0.341 e. The van der Waals surface area contributed by atoms with Crippen LogP contribution in [0.5, 0.6) is 0 Å². The van der Waals surface area contributed by atoms with Crippen molar-refractivity contribution in [2.45, 2.75) is 25.4 Å². The molecule has 0 bridgehead atoms. The lowest BCUT2D eigenvalue weighted by molar-refractivity contribution is -0.137. The first-order valence-electron chi connectivity index (χ1n) is 7.39. The Balaban J connectivity index is 1.97. The van der Waals surface area contributed by atoms with Crippen molar-refractivity contribution < 1.29 is 17.6 Å². The fraction of sp³-hybridized carbons (Fsp3) is 0.467. The molecule has 8 heteroatoms. The lowest BCUT2D eigenvalue weighted by Gasteiger charge is -2.26. The van der Waals surface area contributed by atoms with Crippen LogP contribution in [-0.2, 0) is 13.2 Å². The van der Waals surface area contributed by atoms with Gasteiger partial charge in [0.1, 0.15) is 5.82 Å². The molecule has 1 fully saturated rings. The van der Waals surface area contributed by atoms with E-state index in [9.17, 15) is 17.6 Å². The summed E-state index contributed by atoms with van der Waals surface area (Å²) in [5, 5.41) is 4.15. The molecule has 2 heterocycles. The number of hydrogen-bond acceptors (Lipinski definition) is 3. The summed E-state index contributed by atoms with van der Waals surface area (Å²) in [6, 6.07) is 2.36. The molecule has 4 nitrogen and oxygen atoms in total. The van der Waals surface area contributed by atoms with E-state index in [0.29, 0.717) is 12.0 Å². The molecule has 23 heavy (non-hydrogen) atoms. The second kappa shape index (κ2) is 5.82. The Morgan fingerprint density at radius 2 is 1.74 bits per heavy atom. The minimum absolute atomic E-state index is 0.0242. The van der Waals surface area contributed by atoms with Crippen molar-refractivity contribution in [1.29, 1.82) is 0 Å². The molecule has 0 aliphatic carbocycles. The highest BCUT2D eigenvalue weighted by Crippen LogP contribution is 2.33. The first-order valence-corrected chi connectivity index (χ1v) is 7.39. The van der Waals surface area contributed by atoms with Gasteiger partial charge in [0, 0.05) is 25.7 Å². The third-order valence-corrected chi connectivity index (χ3v) is 3.86. The normalized spacial score (nSPS) is 16.0. The third kappa shape index (κ3) is 3.30. The summed E-state index contributed by atoms with van der Waals surface area (Å²) in [5.74, 6) is -0.266. The number of aryl methyl sites for hydroxylation is 1. The molecule has 0 unspecified atom stereocenters. The van der Waals surface area contributed by atoms with E-state index in [2.05, 4.69) is 10.1 Å². The van der Waals surface area contributed by atoms with Gasteiger partial charge in [-0.15, -0.1) is 5.10 Å². The van der Waals surface area contributed by atoms with Crippen LogP contribution in [0, 0.1) is 5.82 Å². The van der Waals surface area contributed by atoms with Gasteiger partial charge >= 0.3 is 6.18 Å². The van der Waals surface area contributed by atoms with E-state index >= 15 is 0 Å². The Morgan fingerprint density at radius 1 is 1.04 bits per heavy atom. The van der Waals surface area contributed by atoms with Crippen molar-refractivity contribution in [3.63, 3.8) is 0 Å². The van der Waals surface area contributed by atoms with Gasteiger partial charge < -0.3 is 4.90 Å². The van der Waals surface area contributed by atoms with Crippen LogP contribution in [0.4, 0.5) is 23.5 Å². The molecule has 0 spiro atoms. The van der Waals surface area contributed by atoms with Gasteiger partial charge in [0.2, 0.25) is 5.95 Å². The average Bonchev–Trinajstić information content (AvgIpc) is 2.89. The van der Waals surface area contributed by atoms with Crippen LogP contribution in [0.25, 0.3) is 11.4 Å². The highest BCUT2D eigenvalue weighted by molar-refractivity contribution is 5.58. The average molecular weight is 328 g/mol. The highest BCUT2D eigenvalue weighted by atomic mass is 19.4. The predicted octanol–water partition coefficient (Wildman–Crippen LogP) is 3.63. The van der Waals surface area contributed by atoms with E-state index in [0.717, 1.165) is 44.5 Å². The van der Waals surface area contributed by atoms with E-state index in [4.69, 9.17) is 0 Å². The summed E-state index contributed by atoms with van der Waals surface area (Å²) in [5.41, 5.74) is -1.02. The van der Waals surface area contributed by atoms with Crippen LogP contribution >= 0.6 is 0 Å². The molecule has 0 N–H and O–H groups in total. The first-order chi connectivity index (χ1) is 10.8. The zero-order valence-electron chi connectivity index (χ0n) is 12.6. The Labute approximate surface area is 130 Å². The van der Waals surface area contributed by atoms with Gasteiger partial charge in [0.15, 0.2) is 5.82 Å². The van der Waals surface area contributed by atoms with Crippen LogP contribution in [0.3, 0.4) is 0 Å². The largest absolute Gasteiger partial charge is 0.416 e. The molecular formula is C15H16F4N4. The van der Waals surface area contributed by atoms with Crippen molar-refractivity contribution in [2.75, 3.05) is 18.0 Å². The molecule has 1 aliphatic rings. The summed E-state index contributed by atoms with van der Waals surface area (Å²) >= 11 is 0. The topological polar surface area (TPSA) is 34.0 Å². The fourth-order valence-electron chi connectivity index (χ4n) is 2.75. The van der Waals surface area contributed by atoms with E-state index in [1.165, 1.54) is 4.68 Å². The van der Waals surface area contributed by atoms with Gasteiger partial charge in [-0.3, -0.25) is 0 Å². The molecule has 1 aliphatic heterocycles. The molecule has 1 aromatic heterocycles. The standard InChI is InChI=1S/C15H16F4N4/c1-22-14(23-5-3-2-4-6-23)20-13(21-22)10-7-11(15(17,18)19)9-12(16)8-10/h7-9H,2-6H2,1H3. The van der Waals surface area contributed by atoms with Crippen LogP contribution < -0.4 is 4.90 Å². The molecule has 0 amide bonds. The van der Waals surface area contributed by atoms with Gasteiger partial charge in [-0.2, -0.15) is 18.2 Å².